The first kappa shape index (κ1) is 19.8. The van der Waals surface area contributed by atoms with Gasteiger partial charge in [-0.1, -0.05) is 32.0 Å². The predicted octanol–water partition coefficient (Wildman–Crippen LogP) is 5.53. The Morgan fingerprint density at radius 1 is 1.16 bits per heavy atom. The van der Waals surface area contributed by atoms with Gasteiger partial charge in [0, 0.05) is 53.9 Å². The Morgan fingerprint density at radius 2 is 2.03 bits per heavy atom. The summed E-state index contributed by atoms with van der Waals surface area (Å²) in [7, 11) is 0. The largest absolute Gasteiger partial charge is 0.371 e. The highest BCUT2D eigenvalue weighted by Crippen LogP contribution is 2.28. The molecule has 5 aromatic rings. The lowest BCUT2D eigenvalue weighted by atomic mass is 10.1. The van der Waals surface area contributed by atoms with Crippen LogP contribution in [0.25, 0.3) is 27.8 Å². The Morgan fingerprint density at radius 3 is 2.88 bits per heavy atom. The number of fused-ring (bicyclic) bond motifs is 2. The van der Waals surface area contributed by atoms with Crippen molar-refractivity contribution in [2.75, 3.05) is 11.9 Å². The first-order valence-corrected chi connectivity index (χ1v) is 10.8. The van der Waals surface area contributed by atoms with Crippen LogP contribution in [0.1, 0.15) is 36.5 Å². The highest BCUT2D eigenvalue weighted by atomic mass is 15.1. The maximum absolute atomic E-state index is 9.27. The summed E-state index contributed by atoms with van der Waals surface area (Å²) in [5.41, 5.74) is 6.73. The number of para-hydroxylation sites is 1. The second kappa shape index (κ2) is 8.20. The minimum absolute atomic E-state index is 0.352. The summed E-state index contributed by atoms with van der Waals surface area (Å²) in [6.07, 6.45) is 8.38. The number of nitriles is 1. The van der Waals surface area contributed by atoms with Gasteiger partial charge in [0.25, 0.3) is 0 Å². The molecule has 0 atom stereocenters. The van der Waals surface area contributed by atoms with E-state index in [9.17, 15) is 5.26 Å². The monoisotopic (exact) mass is 420 g/mol. The van der Waals surface area contributed by atoms with Crippen molar-refractivity contribution in [3.8, 4) is 17.3 Å². The van der Waals surface area contributed by atoms with E-state index >= 15 is 0 Å². The summed E-state index contributed by atoms with van der Waals surface area (Å²) >= 11 is 0. The number of H-pyrrole nitrogens is 1. The van der Waals surface area contributed by atoms with E-state index in [0.717, 1.165) is 41.2 Å². The molecule has 0 amide bonds. The van der Waals surface area contributed by atoms with Gasteiger partial charge in [0.2, 0.25) is 0 Å². The van der Waals surface area contributed by atoms with Crippen LogP contribution >= 0.6 is 0 Å². The molecule has 0 bridgehead atoms. The molecule has 32 heavy (non-hydrogen) atoms. The Bertz CT molecular complexity index is 1450. The van der Waals surface area contributed by atoms with E-state index in [2.05, 4.69) is 76.3 Å². The van der Waals surface area contributed by atoms with Gasteiger partial charge in [0.05, 0.1) is 11.3 Å². The third-order valence-corrected chi connectivity index (χ3v) is 5.81. The normalized spacial score (nSPS) is 11.3. The van der Waals surface area contributed by atoms with Crippen molar-refractivity contribution < 1.29 is 0 Å². The summed E-state index contributed by atoms with van der Waals surface area (Å²) in [5, 5.41) is 14.1. The molecule has 0 unspecified atom stereocenters. The molecule has 4 aromatic heterocycles. The van der Waals surface area contributed by atoms with Gasteiger partial charge in [-0.15, -0.1) is 0 Å². The smallest absolute Gasteiger partial charge is 0.142 e. The summed E-state index contributed by atoms with van der Waals surface area (Å²) in [6, 6.07) is 16.5. The Hall–Kier alpha value is -4.11. The molecular formula is C26H24N6. The third kappa shape index (κ3) is 3.58. The van der Waals surface area contributed by atoms with Crippen LogP contribution in [0.2, 0.25) is 0 Å². The molecule has 0 fully saturated rings. The third-order valence-electron chi connectivity index (χ3n) is 5.81. The molecule has 1 aromatic carbocycles. The van der Waals surface area contributed by atoms with Crippen LogP contribution in [0.3, 0.4) is 0 Å². The number of nitrogens with one attached hydrogen (secondary N) is 2. The molecule has 2 N–H and O–H groups in total. The maximum atomic E-state index is 9.27. The number of aromatic amines is 1. The minimum atomic E-state index is 0.352. The van der Waals surface area contributed by atoms with Crippen LogP contribution in [-0.2, 0) is 6.42 Å². The topological polar surface area (TPSA) is 81.8 Å². The molecule has 6 nitrogen and oxygen atoms in total. The zero-order valence-electron chi connectivity index (χ0n) is 18.1. The zero-order chi connectivity index (χ0) is 22.1. The van der Waals surface area contributed by atoms with Crippen molar-refractivity contribution in [1.29, 1.82) is 5.26 Å². The standard InChI is InChI=1S/C26H24N6/c1-17(2)21-8-10-32-25(29-9-7-19-16-30-23-6-4-3-5-22(19)23)12-24(31-26(21)32)20-11-18(13-27)14-28-15-20/h3-6,8,10-12,14-17,29-30H,7,9H2,1-2H3. The summed E-state index contributed by atoms with van der Waals surface area (Å²) in [6.45, 7) is 5.13. The molecule has 5 rings (SSSR count). The van der Waals surface area contributed by atoms with Crippen LogP contribution in [0.15, 0.2) is 67.3 Å². The van der Waals surface area contributed by atoms with Crippen molar-refractivity contribution >= 4 is 22.4 Å². The minimum Gasteiger partial charge on any atom is -0.371 e. The average Bonchev–Trinajstić information content (AvgIpc) is 3.43. The highest BCUT2D eigenvalue weighted by molar-refractivity contribution is 5.83. The first-order chi connectivity index (χ1) is 15.6. The molecule has 0 radical (unpaired) electrons. The van der Waals surface area contributed by atoms with Crippen LogP contribution in [0.4, 0.5) is 5.82 Å². The van der Waals surface area contributed by atoms with Crippen molar-refractivity contribution in [1.82, 2.24) is 19.4 Å². The number of rotatable bonds is 6. The molecule has 0 aliphatic rings. The summed E-state index contributed by atoms with van der Waals surface area (Å²) in [4.78, 5) is 12.5. The fraction of sp³-hybridized carbons (Fsp3) is 0.192. The lowest BCUT2D eigenvalue weighted by molar-refractivity contribution is 0.871. The molecule has 0 saturated heterocycles. The van der Waals surface area contributed by atoms with E-state index in [1.54, 1.807) is 12.4 Å². The molecule has 0 saturated carbocycles. The zero-order valence-corrected chi connectivity index (χ0v) is 18.1. The Balaban J connectivity index is 1.50. The number of aromatic nitrogens is 4. The maximum Gasteiger partial charge on any atom is 0.142 e. The second-order valence-electron chi connectivity index (χ2n) is 8.26. The molecule has 0 aliphatic heterocycles. The number of nitrogens with zero attached hydrogens (tertiary/aromatic N) is 4. The number of pyridine rings is 1. The van der Waals surface area contributed by atoms with E-state index < -0.39 is 0 Å². The number of benzene rings is 1. The van der Waals surface area contributed by atoms with Crippen molar-refractivity contribution in [2.45, 2.75) is 26.2 Å². The second-order valence-corrected chi connectivity index (χ2v) is 8.26. The number of hydrogen-bond acceptors (Lipinski definition) is 4. The fourth-order valence-corrected chi connectivity index (χ4v) is 4.14. The van der Waals surface area contributed by atoms with Gasteiger partial charge in [-0.2, -0.15) is 5.26 Å². The van der Waals surface area contributed by atoms with E-state index in [4.69, 9.17) is 4.98 Å². The molecule has 4 heterocycles. The Kier molecular flexibility index (Phi) is 5.08. The average molecular weight is 421 g/mol. The molecule has 0 spiro atoms. The van der Waals surface area contributed by atoms with Crippen LogP contribution in [0, 0.1) is 11.3 Å². The van der Waals surface area contributed by atoms with E-state index in [1.807, 2.05) is 18.2 Å². The lowest BCUT2D eigenvalue weighted by Gasteiger charge is -2.13. The van der Waals surface area contributed by atoms with Crippen molar-refractivity contribution in [2.24, 2.45) is 0 Å². The fourth-order valence-electron chi connectivity index (χ4n) is 4.14. The molecular weight excluding hydrogens is 396 g/mol. The van der Waals surface area contributed by atoms with Crippen LogP contribution in [-0.4, -0.2) is 25.9 Å². The van der Waals surface area contributed by atoms with Gasteiger partial charge in [-0.05, 0) is 41.7 Å². The number of anilines is 1. The van der Waals surface area contributed by atoms with Crippen LogP contribution < -0.4 is 5.32 Å². The van der Waals surface area contributed by atoms with Gasteiger partial charge in [-0.3, -0.25) is 9.38 Å². The summed E-state index contributed by atoms with van der Waals surface area (Å²) in [5.74, 6) is 1.32. The van der Waals surface area contributed by atoms with E-state index in [0.29, 0.717) is 11.5 Å². The van der Waals surface area contributed by atoms with Gasteiger partial charge in [0.15, 0.2) is 0 Å². The summed E-state index contributed by atoms with van der Waals surface area (Å²) < 4.78 is 2.11. The lowest BCUT2D eigenvalue weighted by Crippen LogP contribution is -2.09. The highest BCUT2D eigenvalue weighted by Gasteiger charge is 2.14. The molecule has 158 valence electrons. The van der Waals surface area contributed by atoms with E-state index in [1.165, 1.54) is 16.5 Å². The number of hydrogen-bond donors (Lipinski definition) is 2. The predicted molar refractivity (Wildman–Crippen MR) is 128 cm³/mol. The van der Waals surface area contributed by atoms with Gasteiger partial charge in [0.1, 0.15) is 17.5 Å². The van der Waals surface area contributed by atoms with E-state index in [-0.39, 0.29) is 0 Å². The SMILES string of the molecule is CC(C)c1ccn2c(NCCc3c[nH]c4ccccc34)cc(-c3cncc(C#N)c3)nc12. The van der Waals surface area contributed by atoms with Crippen molar-refractivity contribution in [3.63, 3.8) is 0 Å². The van der Waals surface area contributed by atoms with Gasteiger partial charge in [-0.25, -0.2) is 4.98 Å². The first-order valence-electron chi connectivity index (χ1n) is 10.8. The Labute approximate surface area is 186 Å². The van der Waals surface area contributed by atoms with Crippen molar-refractivity contribution in [3.05, 3.63) is 83.9 Å². The van der Waals surface area contributed by atoms with Gasteiger partial charge < -0.3 is 10.3 Å². The van der Waals surface area contributed by atoms with Crippen LogP contribution in [0.5, 0.6) is 0 Å². The molecule has 6 heteroatoms. The molecule has 0 aliphatic carbocycles. The van der Waals surface area contributed by atoms with Gasteiger partial charge >= 0.3 is 0 Å². The quantitative estimate of drug-likeness (QED) is 0.378.